The molecular weight excluding hydrogens is 847 g/mol. The van der Waals surface area contributed by atoms with Gasteiger partial charge in [-0.15, -0.1) is 11.3 Å². The number of benzene rings is 10. The summed E-state index contributed by atoms with van der Waals surface area (Å²) in [5.41, 5.74) is 16.3. The summed E-state index contributed by atoms with van der Waals surface area (Å²) in [6.07, 6.45) is 0. The van der Waals surface area contributed by atoms with Crippen molar-refractivity contribution < 1.29 is 9.10 Å². The fraction of sp³-hybridized carbons (Fsp3) is 0.0159. The molecule has 0 N–H and O–H groups in total. The SMILES string of the molecule is c1ccc(C[n+]2[n-]c(-c3ccccc3-c3ccc(-c4cccc5c4oc4c(-c6ccccc6-c6ccccc6)cccc45)cc3)nc2-c2cccc3sc4ccc(-c5ccccc5)cc4c23)cc1. The molecular formula is C63H41N3OS. The van der Waals surface area contributed by atoms with Gasteiger partial charge in [-0.25, -0.2) is 0 Å². The van der Waals surface area contributed by atoms with Crippen LogP contribution in [-0.2, 0) is 6.54 Å². The zero-order valence-corrected chi connectivity index (χ0v) is 37.7. The summed E-state index contributed by atoms with van der Waals surface area (Å²) in [6, 6.07) is 84.0. The molecule has 13 aromatic rings. The first-order valence-electron chi connectivity index (χ1n) is 23.0. The average molecular weight is 888 g/mol. The van der Waals surface area contributed by atoms with Gasteiger partial charge in [0.1, 0.15) is 23.5 Å². The molecule has 0 aliphatic carbocycles. The van der Waals surface area contributed by atoms with Gasteiger partial charge in [0.05, 0.1) is 0 Å². The highest BCUT2D eigenvalue weighted by atomic mass is 32.1. The second-order valence-corrected chi connectivity index (χ2v) is 18.3. The standard InChI is InChI=1S/C63H41N3OS/c1-4-17-41(18-5-1)40-66-63(55-31-16-32-58-59(55)56-39-46(37-38-57(56)68-58)42-19-6-2-7-20-42)64-62(65-66)54-26-13-11-24-48(54)44-33-35-45(36-34-44)49-27-14-29-52-53-30-15-28-51(61(53)67-60(49)52)50-25-12-10-23-47(50)43-21-8-3-9-22-43/h1-39H,40H2. The minimum Gasteiger partial charge on any atom is -0.455 e. The first kappa shape index (κ1) is 39.7. The van der Waals surface area contributed by atoms with Crippen molar-refractivity contribution in [3.05, 3.63) is 242 Å². The third kappa shape index (κ3) is 6.91. The van der Waals surface area contributed by atoms with Crippen molar-refractivity contribution in [3.8, 4) is 78.4 Å². The number of fused-ring (bicyclic) bond motifs is 6. The molecule has 0 bridgehead atoms. The van der Waals surface area contributed by atoms with Crippen LogP contribution in [0.3, 0.4) is 0 Å². The Bertz CT molecular complexity index is 3980. The van der Waals surface area contributed by atoms with E-state index in [4.69, 9.17) is 14.5 Å². The van der Waals surface area contributed by atoms with Crippen LogP contribution >= 0.6 is 11.3 Å². The highest BCUT2D eigenvalue weighted by molar-refractivity contribution is 7.26. The van der Waals surface area contributed by atoms with Crippen LogP contribution in [0.15, 0.2) is 241 Å². The fourth-order valence-corrected chi connectivity index (χ4v) is 11.1. The lowest BCUT2D eigenvalue weighted by Gasteiger charge is -2.12. The zero-order valence-electron chi connectivity index (χ0n) is 36.9. The molecule has 5 heteroatoms. The van der Waals surface area contributed by atoms with Gasteiger partial charge >= 0.3 is 0 Å². The van der Waals surface area contributed by atoms with Gasteiger partial charge in [-0.1, -0.05) is 218 Å². The normalized spacial score (nSPS) is 11.6. The van der Waals surface area contributed by atoms with Crippen LogP contribution in [-0.4, -0.2) is 4.98 Å². The number of aromatic nitrogens is 3. The van der Waals surface area contributed by atoms with Gasteiger partial charge in [0, 0.05) is 47.6 Å². The summed E-state index contributed by atoms with van der Waals surface area (Å²) in [6.45, 7) is 0.585. The molecule has 0 amide bonds. The maximum absolute atomic E-state index is 6.95. The van der Waals surface area contributed by atoms with Crippen molar-refractivity contribution in [3.63, 3.8) is 0 Å². The molecule has 13 rings (SSSR count). The minimum atomic E-state index is 0.585. The van der Waals surface area contributed by atoms with Gasteiger partial charge in [-0.3, -0.25) is 9.78 Å². The molecule has 0 saturated carbocycles. The Hall–Kier alpha value is -8.64. The molecule has 0 saturated heterocycles. The van der Waals surface area contributed by atoms with Crippen LogP contribution < -0.4 is 9.78 Å². The summed E-state index contributed by atoms with van der Waals surface area (Å²) >= 11 is 1.82. The highest BCUT2D eigenvalue weighted by Gasteiger charge is 2.20. The van der Waals surface area contributed by atoms with Crippen LogP contribution in [0.5, 0.6) is 0 Å². The maximum atomic E-state index is 6.95. The number of hydrogen-bond donors (Lipinski definition) is 0. The second kappa shape index (κ2) is 16.7. The monoisotopic (exact) mass is 887 g/mol. The molecule has 0 unspecified atom stereocenters. The lowest BCUT2D eigenvalue weighted by Crippen LogP contribution is -2.40. The minimum absolute atomic E-state index is 0.585. The topological polar surface area (TPSA) is 44.0 Å². The molecule has 3 heterocycles. The number of thiophene rings is 1. The molecule has 0 aliphatic rings. The van der Waals surface area contributed by atoms with E-state index in [0.717, 1.165) is 77.8 Å². The Morgan fingerprint density at radius 3 is 1.62 bits per heavy atom. The predicted octanol–water partition coefficient (Wildman–Crippen LogP) is 16.3. The molecule has 3 aromatic heterocycles. The number of nitrogens with zero attached hydrogens (tertiary/aromatic N) is 3. The molecule has 0 fully saturated rings. The van der Waals surface area contributed by atoms with Crippen molar-refractivity contribution in [1.82, 2.24) is 10.1 Å². The van der Waals surface area contributed by atoms with Crippen LogP contribution in [0, 0.1) is 0 Å². The van der Waals surface area contributed by atoms with E-state index < -0.39 is 0 Å². The highest BCUT2D eigenvalue weighted by Crippen LogP contribution is 2.44. The van der Waals surface area contributed by atoms with Crippen LogP contribution in [0.2, 0.25) is 0 Å². The Morgan fingerprint density at radius 1 is 0.382 bits per heavy atom. The average Bonchev–Trinajstić information content (AvgIpc) is 4.13. The fourth-order valence-electron chi connectivity index (χ4n) is 9.95. The summed E-state index contributed by atoms with van der Waals surface area (Å²) in [7, 11) is 0. The first-order valence-corrected chi connectivity index (χ1v) is 23.8. The molecule has 0 radical (unpaired) electrons. The summed E-state index contributed by atoms with van der Waals surface area (Å²) in [5, 5.41) is 9.98. The van der Waals surface area contributed by atoms with Gasteiger partial charge in [-0.05, 0) is 79.7 Å². The predicted molar refractivity (Wildman–Crippen MR) is 282 cm³/mol. The van der Waals surface area contributed by atoms with E-state index in [0.29, 0.717) is 12.4 Å². The summed E-state index contributed by atoms with van der Waals surface area (Å²) in [5.74, 6) is 1.53. The second-order valence-electron chi connectivity index (χ2n) is 17.3. The van der Waals surface area contributed by atoms with E-state index in [1.54, 1.807) is 0 Å². The van der Waals surface area contributed by atoms with Gasteiger partial charge in [-0.2, -0.15) is 0 Å². The first-order chi connectivity index (χ1) is 33.7. The molecule has 68 heavy (non-hydrogen) atoms. The lowest BCUT2D eigenvalue weighted by molar-refractivity contribution is -0.737. The zero-order chi connectivity index (χ0) is 45.0. The summed E-state index contributed by atoms with van der Waals surface area (Å²) < 4.78 is 11.5. The summed E-state index contributed by atoms with van der Waals surface area (Å²) in [4.78, 5) is 5.47. The molecule has 320 valence electrons. The van der Waals surface area contributed by atoms with Gasteiger partial charge in [0.15, 0.2) is 0 Å². The van der Waals surface area contributed by atoms with Crippen molar-refractivity contribution in [2.75, 3.05) is 0 Å². The molecule has 4 nitrogen and oxygen atoms in total. The largest absolute Gasteiger partial charge is 0.455 e. The van der Waals surface area contributed by atoms with E-state index in [2.05, 4.69) is 241 Å². The van der Waals surface area contributed by atoms with Crippen molar-refractivity contribution in [2.45, 2.75) is 6.54 Å². The van der Waals surface area contributed by atoms with E-state index in [1.807, 2.05) is 11.3 Å². The molecule has 10 aromatic carbocycles. The Morgan fingerprint density at radius 2 is 0.897 bits per heavy atom. The Labute approximate surface area is 397 Å². The van der Waals surface area contributed by atoms with Crippen LogP contribution in [0.1, 0.15) is 5.56 Å². The van der Waals surface area contributed by atoms with Crippen molar-refractivity contribution in [2.24, 2.45) is 0 Å². The van der Waals surface area contributed by atoms with Crippen LogP contribution in [0.4, 0.5) is 0 Å². The third-order valence-corrected chi connectivity index (χ3v) is 14.3. The molecule has 0 spiro atoms. The van der Waals surface area contributed by atoms with E-state index >= 15 is 0 Å². The number of furan rings is 1. The van der Waals surface area contributed by atoms with E-state index in [-0.39, 0.29) is 0 Å². The Kier molecular flexibility index (Phi) is 9.73. The van der Waals surface area contributed by atoms with Gasteiger partial charge in [0.2, 0.25) is 0 Å². The van der Waals surface area contributed by atoms with Crippen LogP contribution in [0.25, 0.3) is 121 Å². The molecule has 0 atom stereocenters. The lowest BCUT2D eigenvalue weighted by atomic mass is 9.93. The third-order valence-electron chi connectivity index (χ3n) is 13.2. The van der Waals surface area contributed by atoms with E-state index in [1.165, 1.54) is 42.4 Å². The maximum Gasteiger partial charge on any atom is 0.143 e. The number of para-hydroxylation sites is 2. The van der Waals surface area contributed by atoms with E-state index in [9.17, 15) is 0 Å². The number of hydrogen-bond acceptors (Lipinski definition) is 3. The smallest absolute Gasteiger partial charge is 0.143 e. The Balaban J connectivity index is 0.899. The van der Waals surface area contributed by atoms with Gasteiger partial charge < -0.3 is 9.40 Å². The van der Waals surface area contributed by atoms with Crippen molar-refractivity contribution in [1.29, 1.82) is 0 Å². The number of rotatable bonds is 9. The quantitative estimate of drug-likeness (QED) is 0.136. The van der Waals surface area contributed by atoms with Gasteiger partial charge in [0.25, 0.3) is 0 Å². The molecule has 0 aliphatic heterocycles. The van der Waals surface area contributed by atoms with Crippen molar-refractivity contribution >= 4 is 53.4 Å².